The van der Waals surface area contributed by atoms with Gasteiger partial charge in [-0.2, -0.15) is 0 Å². The molecule has 14 heavy (non-hydrogen) atoms. The molecule has 0 saturated heterocycles. The van der Waals surface area contributed by atoms with Crippen molar-refractivity contribution in [2.45, 2.75) is 6.42 Å². The maximum atomic E-state index is 13.0. The van der Waals surface area contributed by atoms with E-state index in [1.165, 1.54) is 6.07 Å². The SMILES string of the molecule is Fc1cc(Br)cc(CC(CBr)CBr)c1. The van der Waals surface area contributed by atoms with Crippen LogP contribution in [0.1, 0.15) is 5.56 Å². The molecule has 0 aromatic heterocycles. The lowest BCUT2D eigenvalue weighted by molar-refractivity contribution is 0.617. The predicted octanol–water partition coefficient (Wildman–Crippen LogP) is 4.54. The first-order valence-corrected chi connectivity index (χ1v) is 7.26. The van der Waals surface area contributed by atoms with Gasteiger partial charge in [-0.25, -0.2) is 4.39 Å². The Balaban J connectivity index is 2.75. The van der Waals surface area contributed by atoms with Crippen LogP contribution in [0.25, 0.3) is 0 Å². The summed E-state index contributed by atoms with van der Waals surface area (Å²) in [6.07, 6.45) is 0.882. The third kappa shape index (κ3) is 3.99. The Bertz CT molecular complexity index is 277. The molecule has 0 heterocycles. The Kier molecular flexibility index (Phi) is 5.64. The minimum absolute atomic E-state index is 0.183. The van der Waals surface area contributed by atoms with Crippen LogP contribution in [0.4, 0.5) is 4.39 Å². The second-order valence-electron chi connectivity index (χ2n) is 3.16. The van der Waals surface area contributed by atoms with Gasteiger partial charge in [0.15, 0.2) is 0 Å². The minimum atomic E-state index is -0.183. The van der Waals surface area contributed by atoms with Gasteiger partial charge < -0.3 is 0 Å². The van der Waals surface area contributed by atoms with Crippen LogP contribution in [-0.2, 0) is 6.42 Å². The van der Waals surface area contributed by atoms with Gasteiger partial charge in [-0.1, -0.05) is 47.8 Å². The van der Waals surface area contributed by atoms with Crippen molar-refractivity contribution in [1.29, 1.82) is 0 Å². The molecule has 0 fully saturated rings. The van der Waals surface area contributed by atoms with E-state index in [1.54, 1.807) is 6.07 Å². The second kappa shape index (κ2) is 6.23. The molecule has 0 aliphatic carbocycles. The minimum Gasteiger partial charge on any atom is -0.207 e. The van der Waals surface area contributed by atoms with Crippen molar-refractivity contribution < 1.29 is 4.39 Å². The lowest BCUT2D eigenvalue weighted by atomic mass is 10.0. The molecule has 0 amide bonds. The van der Waals surface area contributed by atoms with Crippen LogP contribution in [-0.4, -0.2) is 10.7 Å². The van der Waals surface area contributed by atoms with Gasteiger partial charge in [-0.3, -0.25) is 0 Å². The Morgan fingerprint density at radius 1 is 1.14 bits per heavy atom. The summed E-state index contributed by atoms with van der Waals surface area (Å²) in [5.74, 6) is 0.320. The predicted molar refractivity (Wildman–Crippen MR) is 68.9 cm³/mol. The topological polar surface area (TPSA) is 0 Å². The number of halogens is 4. The average molecular weight is 389 g/mol. The number of hydrogen-bond acceptors (Lipinski definition) is 0. The molecule has 0 nitrogen and oxygen atoms in total. The Morgan fingerprint density at radius 2 is 1.79 bits per heavy atom. The lowest BCUT2D eigenvalue weighted by Gasteiger charge is -2.10. The van der Waals surface area contributed by atoms with Gasteiger partial charge in [0.1, 0.15) is 5.82 Å². The summed E-state index contributed by atoms with van der Waals surface area (Å²) in [6, 6.07) is 5.02. The van der Waals surface area contributed by atoms with Crippen LogP contribution < -0.4 is 0 Å². The molecule has 1 aromatic carbocycles. The van der Waals surface area contributed by atoms with Gasteiger partial charge >= 0.3 is 0 Å². The molecule has 0 radical (unpaired) electrons. The monoisotopic (exact) mass is 386 g/mol. The Hall–Kier alpha value is 0.590. The molecule has 78 valence electrons. The van der Waals surface area contributed by atoms with E-state index < -0.39 is 0 Å². The molecule has 1 rings (SSSR count). The third-order valence-electron chi connectivity index (χ3n) is 1.88. The lowest BCUT2D eigenvalue weighted by Crippen LogP contribution is -2.07. The highest BCUT2D eigenvalue weighted by molar-refractivity contribution is 9.10. The van der Waals surface area contributed by atoms with E-state index in [4.69, 9.17) is 0 Å². The number of benzene rings is 1. The van der Waals surface area contributed by atoms with Crippen LogP contribution in [0.5, 0.6) is 0 Å². The van der Waals surface area contributed by atoms with E-state index in [0.29, 0.717) is 5.92 Å². The van der Waals surface area contributed by atoms with E-state index in [9.17, 15) is 4.39 Å². The zero-order chi connectivity index (χ0) is 10.6. The van der Waals surface area contributed by atoms with Gasteiger partial charge in [0, 0.05) is 15.1 Å². The van der Waals surface area contributed by atoms with Crippen LogP contribution in [0.2, 0.25) is 0 Å². The fourth-order valence-electron chi connectivity index (χ4n) is 1.21. The van der Waals surface area contributed by atoms with Gasteiger partial charge in [0.25, 0.3) is 0 Å². The molecular formula is C10H10Br3F. The molecule has 1 aromatic rings. The number of alkyl halides is 2. The fourth-order valence-corrected chi connectivity index (χ4v) is 3.26. The molecule has 0 unspecified atom stereocenters. The zero-order valence-electron chi connectivity index (χ0n) is 7.44. The second-order valence-corrected chi connectivity index (χ2v) is 5.37. The highest BCUT2D eigenvalue weighted by Crippen LogP contribution is 2.19. The van der Waals surface area contributed by atoms with Crippen molar-refractivity contribution >= 4 is 47.8 Å². The molecule has 0 bridgehead atoms. The Morgan fingerprint density at radius 3 is 2.29 bits per heavy atom. The van der Waals surface area contributed by atoms with Crippen molar-refractivity contribution in [3.8, 4) is 0 Å². The normalized spacial score (nSPS) is 10.9. The molecular weight excluding hydrogens is 379 g/mol. The highest BCUT2D eigenvalue weighted by atomic mass is 79.9. The van der Waals surface area contributed by atoms with E-state index in [-0.39, 0.29) is 5.82 Å². The number of rotatable bonds is 4. The first kappa shape index (κ1) is 12.7. The van der Waals surface area contributed by atoms with Gasteiger partial charge in [0.2, 0.25) is 0 Å². The third-order valence-corrected chi connectivity index (χ3v) is 4.17. The summed E-state index contributed by atoms with van der Waals surface area (Å²) in [6.45, 7) is 0. The maximum absolute atomic E-state index is 13.0. The molecule has 0 saturated carbocycles. The highest BCUT2D eigenvalue weighted by Gasteiger charge is 2.07. The van der Waals surface area contributed by atoms with Gasteiger partial charge in [-0.15, -0.1) is 0 Å². The van der Waals surface area contributed by atoms with Crippen molar-refractivity contribution in [2.75, 3.05) is 10.7 Å². The van der Waals surface area contributed by atoms with Crippen LogP contribution in [0.15, 0.2) is 22.7 Å². The molecule has 0 spiro atoms. The summed E-state index contributed by atoms with van der Waals surface area (Å²) < 4.78 is 13.8. The first-order chi connectivity index (χ1) is 6.65. The largest absolute Gasteiger partial charge is 0.207 e. The van der Waals surface area contributed by atoms with Crippen molar-refractivity contribution in [3.05, 3.63) is 34.1 Å². The van der Waals surface area contributed by atoms with Crippen molar-refractivity contribution in [1.82, 2.24) is 0 Å². The maximum Gasteiger partial charge on any atom is 0.124 e. The molecule has 0 aliphatic rings. The van der Waals surface area contributed by atoms with Crippen LogP contribution >= 0.6 is 47.8 Å². The quantitative estimate of drug-likeness (QED) is 0.664. The van der Waals surface area contributed by atoms with Gasteiger partial charge in [-0.05, 0) is 36.1 Å². The first-order valence-electron chi connectivity index (χ1n) is 4.22. The summed E-state index contributed by atoms with van der Waals surface area (Å²) in [5.41, 5.74) is 1.03. The molecule has 0 aliphatic heterocycles. The fraction of sp³-hybridized carbons (Fsp3) is 0.400. The average Bonchev–Trinajstić information content (AvgIpc) is 2.12. The Labute approximate surface area is 109 Å². The van der Waals surface area contributed by atoms with Gasteiger partial charge in [0.05, 0.1) is 0 Å². The van der Waals surface area contributed by atoms with E-state index in [2.05, 4.69) is 47.8 Å². The summed E-state index contributed by atoms with van der Waals surface area (Å²) in [5, 5.41) is 1.85. The molecule has 0 N–H and O–H groups in total. The number of hydrogen-bond donors (Lipinski definition) is 0. The summed E-state index contributed by atoms with van der Waals surface area (Å²) in [4.78, 5) is 0. The van der Waals surface area contributed by atoms with Crippen molar-refractivity contribution in [2.24, 2.45) is 5.92 Å². The standard InChI is InChI=1S/C10H10Br3F/c11-5-8(6-12)1-7-2-9(13)4-10(14)3-7/h2-4,8H,1,5-6H2. The summed E-state index contributed by atoms with van der Waals surface area (Å²) in [7, 11) is 0. The molecule has 0 atom stereocenters. The van der Waals surface area contributed by atoms with E-state index >= 15 is 0 Å². The zero-order valence-corrected chi connectivity index (χ0v) is 12.2. The smallest absolute Gasteiger partial charge is 0.124 e. The van der Waals surface area contributed by atoms with Crippen LogP contribution in [0, 0.1) is 11.7 Å². The van der Waals surface area contributed by atoms with Crippen LogP contribution in [0.3, 0.4) is 0 Å². The van der Waals surface area contributed by atoms with E-state index in [0.717, 1.165) is 27.1 Å². The van der Waals surface area contributed by atoms with E-state index in [1.807, 2.05) is 6.07 Å². The summed E-state index contributed by atoms with van der Waals surface area (Å²) >= 11 is 10.2. The molecule has 4 heteroatoms. The van der Waals surface area contributed by atoms with Crippen molar-refractivity contribution in [3.63, 3.8) is 0 Å².